The predicted molar refractivity (Wildman–Crippen MR) is 134 cm³/mol. The van der Waals surface area contributed by atoms with Crippen LogP contribution < -0.4 is 5.32 Å². The van der Waals surface area contributed by atoms with Gasteiger partial charge in [-0.15, -0.1) is 11.3 Å². The van der Waals surface area contributed by atoms with Crippen molar-refractivity contribution in [3.63, 3.8) is 0 Å². The maximum atomic E-state index is 12.7. The molecule has 186 valence electrons. The minimum absolute atomic E-state index is 0.237. The standard InChI is InChI=1S/C25H31N5O4S/c1-14-19(15(2)29(3)28-14)13-30(17-8-9-17)12-16-7-10-18-21(27-23(31)20-6-5-11-34-20)22(25(32)33-4)35-24(18)26-16/h7,10,17,20H,5-6,8-9,11-13H2,1-4H3,(H,27,31). The molecule has 1 saturated carbocycles. The maximum Gasteiger partial charge on any atom is 0.350 e. The number of ether oxygens (including phenoxy) is 2. The molecule has 3 aromatic rings. The lowest BCUT2D eigenvalue weighted by Crippen LogP contribution is -2.27. The molecule has 1 unspecified atom stereocenters. The van der Waals surface area contributed by atoms with Gasteiger partial charge in [-0.3, -0.25) is 14.4 Å². The Hall–Kier alpha value is -2.82. The average molecular weight is 498 g/mol. The van der Waals surface area contributed by atoms with Crippen molar-refractivity contribution >= 4 is 39.1 Å². The van der Waals surface area contributed by atoms with Crippen LogP contribution in [-0.4, -0.2) is 57.4 Å². The number of nitrogens with zero attached hydrogens (tertiary/aromatic N) is 4. The number of rotatable bonds is 8. The summed E-state index contributed by atoms with van der Waals surface area (Å²) in [6.45, 7) is 6.28. The summed E-state index contributed by atoms with van der Waals surface area (Å²) in [6.07, 6.45) is 3.41. The number of amides is 1. The fourth-order valence-electron chi connectivity index (χ4n) is 4.66. The van der Waals surface area contributed by atoms with Crippen LogP contribution >= 0.6 is 11.3 Å². The van der Waals surface area contributed by atoms with E-state index in [4.69, 9.17) is 14.5 Å². The Balaban J connectivity index is 1.42. The van der Waals surface area contributed by atoms with E-state index < -0.39 is 12.1 Å². The van der Waals surface area contributed by atoms with Crippen LogP contribution in [0.5, 0.6) is 0 Å². The van der Waals surface area contributed by atoms with E-state index >= 15 is 0 Å². The molecule has 10 heteroatoms. The highest BCUT2D eigenvalue weighted by Gasteiger charge is 2.31. The van der Waals surface area contributed by atoms with Gasteiger partial charge in [0.05, 0.1) is 24.2 Å². The summed E-state index contributed by atoms with van der Waals surface area (Å²) in [5.41, 5.74) is 4.90. The van der Waals surface area contributed by atoms with Crippen LogP contribution in [0.15, 0.2) is 12.1 Å². The second-order valence-electron chi connectivity index (χ2n) is 9.35. The first-order valence-corrected chi connectivity index (χ1v) is 12.8. The van der Waals surface area contributed by atoms with Gasteiger partial charge in [-0.2, -0.15) is 5.10 Å². The molecule has 0 aromatic carbocycles. The Morgan fingerprint density at radius 1 is 1.26 bits per heavy atom. The zero-order valence-corrected chi connectivity index (χ0v) is 21.4. The number of nitrogens with one attached hydrogen (secondary N) is 1. The lowest BCUT2D eigenvalue weighted by atomic mass is 10.1. The number of pyridine rings is 1. The third-order valence-corrected chi connectivity index (χ3v) is 7.98. The van der Waals surface area contributed by atoms with Crippen molar-refractivity contribution in [2.24, 2.45) is 7.05 Å². The third kappa shape index (κ3) is 4.82. The quantitative estimate of drug-likeness (QED) is 0.474. The molecule has 2 fully saturated rings. The normalized spacial score (nSPS) is 17.9. The summed E-state index contributed by atoms with van der Waals surface area (Å²) >= 11 is 1.25. The van der Waals surface area contributed by atoms with Gasteiger partial charge in [0, 0.05) is 49.4 Å². The number of carbonyl (C=O) groups is 2. The number of carbonyl (C=O) groups excluding carboxylic acids is 2. The van der Waals surface area contributed by atoms with E-state index in [-0.39, 0.29) is 5.91 Å². The van der Waals surface area contributed by atoms with E-state index in [0.717, 1.165) is 29.7 Å². The number of hydrogen-bond donors (Lipinski definition) is 1. The van der Waals surface area contributed by atoms with Gasteiger partial charge >= 0.3 is 5.97 Å². The molecule has 3 aromatic heterocycles. The summed E-state index contributed by atoms with van der Waals surface area (Å²) in [5, 5.41) is 8.22. The Morgan fingerprint density at radius 3 is 2.69 bits per heavy atom. The van der Waals surface area contributed by atoms with Gasteiger partial charge in [-0.25, -0.2) is 9.78 Å². The molecule has 1 amide bonds. The van der Waals surface area contributed by atoms with Crippen molar-refractivity contribution in [2.45, 2.75) is 64.8 Å². The van der Waals surface area contributed by atoms with Crippen molar-refractivity contribution < 1.29 is 19.1 Å². The minimum atomic E-state index is -0.492. The summed E-state index contributed by atoms with van der Waals surface area (Å²) in [5.74, 6) is -0.724. The number of methoxy groups -OCH3 is 1. The molecule has 35 heavy (non-hydrogen) atoms. The summed E-state index contributed by atoms with van der Waals surface area (Å²) in [6, 6.07) is 4.47. The number of anilines is 1. The van der Waals surface area contributed by atoms with Crippen molar-refractivity contribution in [3.05, 3.63) is 39.7 Å². The van der Waals surface area contributed by atoms with E-state index in [1.165, 1.54) is 42.5 Å². The molecule has 0 radical (unpaired) electrons. The lowest BCUT2D eigenvalue weighted by molar-refractivity contribution is -0.124. The van der Waals surface area contributed by atoms with Crippen molar-refractivity contribution in [1.29, 1.82) is 0 Å². The van der Waals surface area contributed by atoms with Gasteiger partial charge in [0.1, 0.15) is 15.8 Å². The summed E-state index contributed by atoms with van der Waals surface area (Å²) < 4.78 is 12.4. The van der Waals surface area contributed by atoms with Crippen molar-refractivity contribution in [2.75, 3.05) is 19.0 Å². The van der Waals surface area contributed by atoms with Gasteiger partial charge in [0.2, 0.25) is 0 Å². The number of hydrogen-bond acceptors (Lipinski definition) is 8. The molecular weight excluding hydrogens is 466 g/mol. The second kappa shape index (κ2) is 9.67. The molecule has 4 heterocycles. The van der Waals surface area contributed by atoms with E-state index in [1.54, 1.807) is 0 Å². The second-order valence-corrected chi connectivity index (χ2v) is 10.4. The molecule has 1 atom stereocenters. The summed E-state index contributed by atoms with van der Waals surface area (Å²) in [7, 11) is 3.32. The smallest absolute Gasteiger partial charge is 0.350 e. The van der Waals surface area contributed by atoms with E-state index in [9.17, 15) is 9.59 Å². The number of aryl methyl sites for hydroxylation is 2. The highest BCUT2D eigenvalue weighted by molar-refractivity contribution is 7.21. The predicted octanol–water partition coefficient (Wildman–Crippen LogP) is 3.72. The van der Waals surface area contributed by atoms with Crippen molar-refractivity contribution in [1.82, 2.24) is 19.7 Å². The molecule has 1 aliphatic carbocycles. The highest BCUT2D eigenvalue weighted by Crippen LogP contribution is 2.37. The van der Waals surface area contributed by atoms with Gasteiger partial charge < -0.3 is 14.8 Å². The number of fused-ring (bicyclic) bond motifs is 1. The van der Waals surface area contributed by atoms with Crippen LogP contribution in [0.4, 0.5) is 5.69 Å². The highest BCUT2D eigenvalue weighted by atomic mass is 32.1. The van der Waals surface area contributed by atoms with Gasteiger partial charge in [0.15, 0.2) is 0 Å². The lowest BCUT2D eigenvalue weighted by Gasteiger charge is -2.22. The maximum absolute atomic E-state index is 12.7. The Morgan fingerprint density at radius 2 is 2.06 bits per heavy atom. The monoisotopic (exact) mass is 497 g/mol. The topological polar surface area (TPSA) is 98.6 Å². The zero-order valence-electron chi connectivity index (χ0n) is 20.6. The molecule has 2 aliphatic rings. The fourth-order valence-corrected chi connectivity index (χ4v) is 5.73. The molecule has 1 N–H and O–H groups in total. The van der Waals surface area contributed by atoms with Gasteiger partial charge in [-0.05, 0) is 51.7 Å². The van der Waals surface area contributed by atoms with Gasteiger partial charge in [-0.1, -0.05) is 0 Å². The Labute approximate surface area is 208 Å². The largest absolute Gasteiger partial charge is 0.465 e. The SMILES string of the molecule is COC(=O)c1sc2nc(CN(Cc3c(C)nn(C)c3C)C3CC3)ccc2c1NC(=O)C1CCCO1. The third-order valence-electron chi connectivity index (χ3n) is 6.90. The van der Waals surface area contributed by atoms with Crippen LogP contribution in [0.1, 0.15) is 58.0 Å². The van der Waals surface area contributed by atoms with E-state index in [2.05, 4.69) is 29.2 Å². The average Bonchev–Trinajstić information content (AvgIpc) is 3.33. The van der Waals surface area contributed by atoms with Crippen LogP contribution in [-0.2, 0) is 34.4 Å². The molecule has 5 rings (SSSR count). The van der Waals surface area contributed by atoms with Crippen LogP contribution in [0.3, 0.4) is 0 Å². The zero-order chi connectivity index (χ0) is 24.7. The number of thiophene rings is 1. The molecule has 1 aliphatic heterocycles. The first-order chi connectivity index (χ1) is 16.9. The van der Waals surface area contributed by atoms with Crippen molar-refractivity contribution in [3.8, 4) is 0 Å². The Kier molecular flexibility index (Phi) is 6.61. The molecule has 1 saturated heterocycles. The van der Waals surface area contributed by atoms with Crippen LogP contribution in [0.2, 0.25) is 0 Å². The van der Waals surface area contributed by atoms with E-state index in [0.29, 0.717) is 41.0 Å². The van der Waals surface area contributed by atoms with Crippen LogP contribution in [0.25, 0.3) is 10.2 Å². The minimum Gasteiger partial charge on any atom is -0.465 e. The van der Waals surface area contributed by atoms with E-state index in [1.807, 2.05) is 23.9 Å². The molecular formula is C25H31N5O4S. The van der Waals surface area contributed by atoms with Gasteiger partial charge in [0.25, 0.3) is 5.91 Å². The number of esters is 1. The van der Waals surface area contributed by atoms with Crippen LogP contribution in [0, 0.1) is 13.8 Å². The first kappa shape index (κ1) is 23.9. The first-order valence-electron chi connectivity index (χ1n) is 12.0. The number of aromatic nitrogens is 3. The summed E-state index contributed by atoms with van der Waals surface area (Å²) in [4.78, 5) is 33.6. The molecule has 9 nitrogen and oxygen atoms in total. The Bertz CT molecular complexity index is 1270. The fraction of sp³-hybridized carbons (Fsp3) is 0.520. The molecule has 0 spiro atoms. The molecule has 0 bridgehead atoms.